The Morgan fingerprint density at radius 1 is 0.952 bits per heavy atom. The van der Waals surface area contributed by atoms with E-state index in [9.17, 15) is 5.11 Å². The Morgan fingerprint density at radius 3 is 1.62 bits per heavy atom. The molecule has 7 heteroatoms. The first-order valence-corrected chi connectivity index (χ1v) is 7.66. The maximum absolute atomic E-state index is 10.5. The van der Waals surface area contributed by atoms with Gasteiger partial charge in [0.15, 0.2) is 0 Å². The van der Waals surface area contributed by atoms with Gasteiger partial charge in [0.05, 0.1) is 39.6 Å². The van der Waals surface area contributed by atoms with Gasteiger partial charge >= 0.3 is 5.97 Å². The van der Waals surface area contributed by atoms with Crippen LogP contribution < -0.4 is 0 Å². The first-order valence-electron chi connectivity index (χ1n) is 7.66. The van der Waals surface area contributed by atoms with Crippen LogP contribution in [0.5, 0.6) is 0 Å². The van der Waals surface area contributed by atoms with Gasteiger partial charge in [-0.05, 0) is 6.42 Å². The molecule has 122 valence electrons. The van der Waals surface area contributed by atoms with Gasteiger partial charge in [0, 0.05) is 0 Å². The Bertz CT molecular complexity index is 284. The lowest BCUT2D eigenvalue weighted by atomic mass is 10.1. The molecule has 0 aliphatic carbocycles. The summed E-state index contributed by atoms with van der Waals surface area (Å²) < 4.78 is 32.8. The van der Waals surface area contributed by atoms with Crippen LogP contribution >= 0.6 is 0 Å². The van der Waals surface area contributed by atoms with Crippen LogP contribution in [0.15, 0.2) is 0 Å². The average Bonchev–Trinajstić information content (AvgIpc) is 3.34. The van der Waals surface area contributed by atoms with Crippen LogP contribution in [0.25, 0.3) is 0 Å². The summed E-state index contributed by atoms with van der Waals surface area (Å²) in [5.74, 6) is -1.46. The van der Waals surface area contributed by atoms with Crippen molar-refractivity contribution in [2.75, 3.05) is 39.6 Å². The fourth-order valence-corrected chi connectivity index (χ4v) is 1.98. The molecule has 4 unspecified atom stereocenters. The summed E-state index contributed by atoms with van der Waals surface area (Å²) in [6, 6.07) is 0. The van der Waals surface area contributed by atoms with E-state index >= 15 is 0 Å². The molecule has 0 radical (unpaired) electrons. The van der Waals surface area contributed by atoms with E-state index in [0.29, 0.717) is 46.1 Å². The van der Waals surface area contributed by atoms with Gasteiger partial charge in [-0.3, -0.25) is 0 Å². The number of aliphatic hydroxyl groups is 1. The fourth-order valence-electron chi connectivity index (χ4n) is 1.98. The molecule has 21 heavy (non-hydrogen) atoms. The summed E-state index contributed by atoms with van der Waals surface area (Å²) in [7, 11) is 0. The van der Waals surface area contributed by atoms with E-state index in [0.717, 1.165) is 6.42 Å². The molecule has 0 aromatic heterocycles. The van der Waals surface area contributed by atoms with Gasteiger partial charge < -0.3 is 33.5 Å². The summed E-state index contributed by atoms with van der Waals surface area (Å²) >= 11 is 0. The quantitative estimate of drug-likeness (QED) is 0.403. The third-order valence-electron chi connectivity index (χ3n) is 3.59. The molecule has 1 N–H and O–H groups in total. The highest BCUT2D eigenvalue weighted by Gasteiger charge is 2.46. The topological polar surface area (TPSA) is 85.5 Å². The average molecular weight is 304 g/mol. The van der Waals surface area contributed by atoms with E-state index in [4.69, 9.17) is 28.4 Å². The molecule has 3 rings (SSSR count). The molecular weight excluding hydrogens is 280 g/mol. The first-order chi connectivity index (χ1) is 10.2. The van der Waals surface area contributed by atoms with Gasteiger partial charge in [-0.1, -0.05) is 13.3 Å². The smallest absolute Gasteiger partial charge is 0.310 e. The Morgan fingerprint density at radius 2 is 1.33 bits per heavy atom. The van der Waals surface area contributed by atoms with Crippen molar-refractivity contribution in [2.45, 2.75) is 50.2 Å². The van der Waals surface area contributed by atoms with Crippen LogP contribution in [0.4, 0.5) is 0 Å². The second kappa shape index (κ2) is 6.87. The molecule has 0 bridgehead atoms. The second-order valence-electron chi connectivity index (χ2n) is 5.71. The van der Waals surface area contributed by atoms with Crippen LogP contribution in [-0.2, 0) is 28.4 Å². The lowest BCUT2D eigenvalue weighted by Crippen LogP contribution is -2.52. The summed E-state index contributed by atoms with van der Waals surface area (Å²) in [5.41, 5.74) is 0. The van der Waals surface area contributed by atoms with E-state index in [1.165, 1.54) is 0 Å². The molecule has 3 aliphatic rings. The summed E-state index contributed by atoms with van der Waals surface area (Å²) in [5, 5.41) is 10.5. The zero-order chi connectivity index (χ0) is 14.7. The first kappa shape index (κ1) is 15.6. The Hall–Kier alpha value is -0.280. The SMILES string of the molecule is CCCC(O)C(OCC1CO1)(OCC1CO1)OCC1CO1. The molecule has 0 aromatic carbocycles. The highest BCUT2D eigenvalue weighted by Crippen LogP contribution is 2.29. The number of hydrogen-bond acceptors (Lipinski definition) is 7. The number of ether oxygens (including phenoxy) is 6. The van der Waals surface area contributed by atoms with Gasteiger partial charge in [-0.25, -0.2) is 0 Å². The van der Waals surface area contributed by atoms with Crippen molar-refractivity contribution in [1.29, 1.82) is 0 Å². The molecular formula is C14H24O7. The van der Waals surface area contributed by atoms with Crippen molar-refractivity contribution in [3.05, 3.63) is 0 Å². The van der Waals surface area contributed by atoms with E-state index < -0.39 is 12.1 Å². The van der Waals surface area contributed by atoms with Gasteiger partial charge in [0.25, 0.3) is 0 Å². The van der Waals surface area contributed by atoms with Gasteiger partial charge in [-0.2, -0.15) is 0 Å². The monoisotopic (exact) mass is 304 g/mol. The number of aliphatic hydroxyl groups excluding tert-OH is 1. The van der Waals surface area contributed by atoms with Crippen molar-refractivity contribution in [3.63, 3.8) is 0 Å². The molecule has 0 saturated carbocycles. The van der Waals surface area contributed by atoms with E-state index in [1.54, 1.807) is 0 Å². The molecule has 3 aliphatic heterocycles. The molecule has 0 aromatic rings. The maximum atomic E-state index is 10.5. The van der Waals surface area contributed by atoms with Gasteiger partial charge in [0.1, 0.15) is 24.4 Å². The zero-order valence-corrected chi connectivity index (χ0v) is 12.4. The predicted octanol–water partition coefficient (Wildman–Crippen LogP) is 0.0474. The van der Waals surface area contributed by atoms with Crippen LogP contribution in [0.3, 0.4) is 0 Å². The highest BCUT2D eigenvalue weighted by molar-refractivity contribution is 4.78. The summed E-state index contributed by atoms with van der Waals surface area (Å²) in [4.78, 5) is 0. The molecule has 3 fully saturated rings. The Labute approximate surface area is 124 Å². The Balaban J connectivity index is 1.61. The van der Waals surface area contributed by atoms with Gasteiger partial charge in [-0.15, -0.1) is 0 Å². The molecule has 4 atom stereocenters. The molecule has 3 saturated heterocycles. The zero-order valence-electron chi connectivity index (χ0n) is 12.4. The number of hydrogen-bond donors (Lipinski definition) is 1. The van der Waals surface area contributed by atoms with Crippen LogP contribution in [-0.4, -0.2) is 75.1 Å². The third kappa shape index (κ3) is 4.85. The van der Waals surface area contributed by atoms with Crippen molar-refractivity contribution < 1.29 is 33.5 Å². The van der Waals surface area contributed by atoms with E-state index in [-0.39, 0.29) is 18.3 Å². The largest absolute Gasteiger partial charge is 0.385 e. The predicted molar refractivity (Wildman–Crippen MR) is 70.7 cm³/mol. The third-order valence-corrected chi connectivity index (χ3v) is 3.59. The lowest BCUT2D eigenvalue weighted by Gasteiger charge is -2.36. The number of epoxide rings is 3. The minimum Gasteiger partial charge on any atom is -0.385 e. The van der Waals surface area contributed by atoms with Crippen molar-refractivity contribution in [1.82, 2.24) is 0 Å². The Kier molecular flexibility index (Phi) is 5.11. The highest BCUT2D eigenvalue weighted by atomic mass is 16.9. The standard InChI is InChI=1S/C14H24O7/c1-2-3-13(15)14(19-7-10-4-16-10,20-8-11-5-17-11)21-9-12-6-18-12/h10-13,15H,2-9H2,1H3. The normalized spacial score (nSPS) is 34.3. The molecule has 0 amide bonds. The van der Waals surface area contributed by atoms with E-state index in [1.807, 2.05) is 6.92 Å². The maximum Gasteiger partial charge on any atom is 0.310 e. The van der Waals surface area contributed by atoms with E-state index in [2.05, 4.69) is 0 Å². The van der Waals surface area contributed by atoms with Crippen molar-refractivity contribution in [3.8, 4) is 0 Å². The summed E-state index contributed by atoms with van der Waals surface area (Å²) in [6.07, 6.45) is 0.680. The minimum atomic E-state index is -1.46. The van der Waals surface area contributed by atoms with Crippen LogP contribution in [0.1, 0.15) is 19.8 Å². The van der Waals surface area contributed by atoms with Gasteiger partial charge in [0.2, 0.25) is 0 Å². The lowest BCUT2D eigenvalue weighted by molar-refractivity contribution is -0.415. The van der Waals surface area contributed by atoms with Crippen LogP contribution in [0, 0.1) is 0 Å². The second-order valence-corrected chi connectivity index (χ2v) is 5.71. The summed E-state index contributed by atoms with van der Waals surface area (Å²) in [6.45, 7) is 5.06. The number of rotatable bonds is 12. The van der Waals surface area contributed by atoms with Crippen molar-refractivity contribution >= 4 is 0 Å². The molecule has 0 spiro atoms. The van der Waals surface area contributed by atoms with Crippen molar-refractivity contribution in [2.24, 2.45) is 0 Å². The van der Waals surface area contributed by atoms with Crippen LogP contribution in [0.2, 0.25) is 0 Å². The molecule has 3 heterocycles. The molecule has 7 nitrogen and oxygen atoms in total. The fraction of sp³-hybridized carbons (Fsp3) is 1.00. The minimum absolute atomic E-state index is 0.0692.